The van der Waals surface area contributed by atoms with Crippen LogP contribution in [0.15, 0.2) is 23.1 Å². The fourth-order valence-corrected chi connectivity index (χ4v) is 3.36. The Balaban J connectivity index is 2.12. The van der Waals surface area contributed by atoms with Gasteiger partial charge in [-0.2, -0.15) is 0 Å². The monoisotopic (exact) mass is 265 g/mol. The molecule has 0 bridgehead atoms. The van der Waals surface area contributed by atoms with Gasteiger partial charge in [0.15, 0.2) is 0 Å². The Morgan fingerprint density at radius 3 is 2.89 bits per heavy atom. The molecule has 0 aromatic heterocycles. The van der Waals surface area contributed by atoms with Crippen molar-refractivity contribution >= 4 is 11.8 Å². The first kappa shape index (κ1) is 13.8. The van der Waals surface area contributed by atoms with Gasteiger partial charge < -0.3 is 10.5 Å². The highest BCUT2D eigenvalue weighted by Gasteiger charge is 2.21. The van der Waals surface area contributed by atoms with Gasteiger partial charge in [0.25, 0.3) is 0 Å². The first-order valence-corrected chi connectivity index (χ1v) is 7.99. The van der Waals surface area contributed by atoms with E-state index in [1.54, 1.807) is 11.8 Å². The summed E-state index contributed by atoms with van der Waals surface area (Å²) in [6.45, 7) is 2.87. The van der Waals surface area contributed by atoms with Gasteiger partial charge in [-0.25, -0.2) is 0 Å². The van der Waals surface area contributed by atoms with Gasteiger partial charge in [0.05, 0.1) is 6.10 Å². The van der Waals surface area contributed by atoms with Crippen molar-refractivity contribution in [2.45, 2.75) is 50.2 Å². The molecule has 2 rings (SSSR count). The zero-order valence-electron chi connectivity index (χ0n) is 11.3. The summed E-state index contributed by atoms with van der Waals surface area (Å²) in [7, 11) is 0. The van der Waals surface area contributed by atoms with Gasteiger partial charge in [-0.1, -0.05) is 19.4 Å². The lowest BCUT2D eigenvalue weighted by atomic mass is 9.88. The maximum absolute atomic E-state index is 6.20. The third-order valence-electron chi connectivity index (χ3n) is 3.70. The molecule has 2 N–H and O–H groups in total. The zero-order chi connectivity index (χ0) is 13.0. The van der Waals surface area contributed by atoms with Crippen molar-refractivity contribution in [2.24, 2.45) is 11.7 Å². The molecule has 1 fully saturated rings. The Bertz CT molecular complexity index is 394. The summed E-state index contributed by atoms with van der Waals surface area (Å²) in [6.07, 6.45) is 7.43. The molecule has 1 aliphatic rings. The first-order valence-electron chi connectivity index (χ1n) is 6.77. The Morgan fingerprint density at radius 2 is 2.22 bits per heavy atom. The Morgan fingerprint density at radius 1 is 1.39 bits per heavy atom. The highest BCUT2D eigenvalue weighted by molar-refractivity contribution is 7.98. The lowest BCUT2D eigenvalue weighted by molar-refractivity contribution is 0.127. The number of ether oxygens (including phenoxy) is 1. The number of hydrogen-bond acceptors (Lipinski definition) is 3. The van der Waals surface area contributed by atoms with Crippen LogP contribution < -0.4 is 10.5 Å². The van der Waals surface area contributed by atoms with E-state index in [-0.39, 0.29) is 0 Å². The summed E-state index contributed by atoms with van der Waals surface area (Å²) in [4.78, 5) is 1.24. The molecule has 1 aromatic rings. The van der Waals surface area contributed by atoms with Gasteiger partial charge in [0.1, 0.15) is 5.75 Å². The Labute approximate surface area is 114 Å². The number of benzene rings is 1. The topological polar surface area (TPSA) is 35.2 Å². The predicted octanol–water partition coefficient (Wildman–Crippen LogP) is 3.82. The van der Waals surface area contributed by atoms with Gasteiger partial charge >= 0.3 is 0 Å². The Kier molecular flexibility index (Phi) is 4.95. The van der Waals surface area contributed by atoms with Crippen molar-refractivity contribution in [3.05, 3.63) is 23.8 Å². The molecular weight excluding hydrogens is 242 g/mol. The quantitative estimate of drug-likeness (QED) is 0.840. The summed E-state index contributed by atoms with van der Waals surface area (Å²) in [5, 5.41) is 0. The standard InChI is InChI=1S/C15H23NOS/c1-11-5-3-6-12(9-11)17-14-7-4-8-15(18-2)13(14)10-16/h4,7-8,11-12H,3,5-6,9-10,16H2,1-2H3. The van der Waals surface area contributed by atoms with Crippen LogP contribution in [-0.2, 0) is 6.54 Å². The molecule has 2 unspecified atom stereocenters. The van der Waals surface area contributed by atoms with Crippen LogP contribution in [-0.4, -0.2) is 12.4 Å². The molecule has 0 saturated heterocycles. The van der Waals surface area contributed by atoms with E-state index in [2.05, 4.69) is 31.4 Å². The number of rotatable bonds is 4. The van der Waals surface area contributed by atoms with Crippen LogP contribution in [0, 0.1) is 5.92 Å². The van der Waals surface area contributed by atoms with E-state index in [0.717, 1.165) is 17.2 Å². The van der Waals surface area contributed by atoms with E-state index in [1.165, 1.54) is 30.6 Å². The molecule has 1 aliphatic carbocycles. The summed E-state index contributed by atoms with van der Waals surface area (Å²) in [5.74, 6) is 1.78. The number of nitrogens with two attached hydrogens (primary N) is 1. The lowest BCUT2D eigenvalue weighted by Crippen LogP contribution is -2.24. The van der Waals surface area contributed by atoms with Crippen LogP contribution in [0.2, 0.25) is 0 Å². The van der Waals surface area contributed by atoms with E-state index in [4.69, 9.17) is 10.5 Å². The smallest absolute Gasteiger partial charge is 0.125 e. The second kappa shape index (κ2) is 6.48. The molecule has 2 nitrogen and oxygen atoms in total. The number of thioether (sulfide) groups is 1. The van der Waals surface area contributed by atoms with E-state index < -0.39 is 0 Å². The van der Waals surface area contributed by atoms with Gasteiger partial charge in [-0.05, 0) is 43.6 Å². The van der Waals surface area contributed by atoms with Crippen molar-refractivity contribution in [3.63, 3.8) is 0 Å². The first-order chi connectivity index (χ1) is 8.74. The lowest BCUT2D eigenvalue weighted by Gasteiger charge is -2.28. The van der Waals surface area contributed by atoms with E-state index in [0.29, 0.717) is 12.6 Å². The number of hydrogen-bond donors (Lipinski definition) is 1. The highest BCUT2D eigenvalue weighted by Crippen LogP contribution is 2.32. The van der Waals surface area contributed by atoms with Crippen molar-refractivity contribution in [3.8, 4) is 5.75 Å². The normalized spacial score (nSPS) is 23.9. The van der Waals surface area contributed by atoms with Gasteiger partial charge in [0, 0.05) is 17.0 Å². The van der Waals surface area contributed by atoms with Crippen LogP contribution in [0.25, 0.3) is 0 Å². The zero-order valence-corrected chi connectivity index (χ0v) is 12.1. The van der Waals surface area contributed by atoms with Crippen molar-refractivity contribution in [2.75, 3.05) is 6.26 Å². The fraction of sp³-hybridized carbons (Fsp3) is 0.600. The average Bonchev–Trinajstić information content (AvgIpc) is 2.38. The molecule has 18 heavy (non-hydrogen) atoms. The summed E-state index contributed by atoms with van der Waals surface area (Å²) in [5.41, 5.74) is 7.02. The predicted molar refractivity (Wildman–Crippen MR) is 78.2 cm³/mol. The molecule has 2 atom stereocenters. The maximum Gasteiger partial charge on any atom is 0.125 e. The van der Waals surface area contributed by atoms with Crippen molar-refractivity contribution in [1.29, 1.82) is 0 Å². The van der Waals surface area contributed by atoms with Crippen molar-refractivity contribution < 1.29 is 4.74 Å². The summed E-state index contributed by atoms with van der Waals surface area (Å²) in [6, 6.07) is 6.23. The second-order valence-corrected chi connectivity index (χ2v) is 6.00. The van der Waals surface area contributed by atoms with Crippen LogP contribution in [0.4, 0.5) is 0 Å². The molecule has 0 spiro atoms. The highest BCUT2D eigenvalue weighted by atomic mass is 32.2. The van der Waals surface area contributed by atoms with Crippen LogP contribution in [0.3, 0.4) is 0 Å². The molecule has 3 heteroatoms. The largest absolute Gasteiger partial charge is 0.490 e. The average molecular weight is 265 g/mol. The fourth-order valence-electron chi connectivity index (χ4n) is 2.71. The third kappa shape index (κ3) is 3.21. The van der Waals surface area contributed by atoms with Gasteiger partial charge in [0.2, 0.25) is 0 Å². The molecule has 1 aromatic carbocycles. The van der Waals surface area contributed by atoms with E-state index in [1.807, 2.05) is 0 Å². The summed E-state index contributed by atoms with van der Waals surface area (Å²) < 4.78 is 6.20. The van der Waals surface area contributed by atoms with Crippen LogP contribution >= 0.6 is 11.8 Å². The van der Waals surface area contributed by atoms with Crippen LogP contribution in [0.5, 0.6) is 5.75 Å². The molecule has 0 amide bonds. The van der Waals surface area contributed by atoms with Gasteiger partial charge in [-0.15, -0.1) is 11.8 Å². The van der Waals surface area contributed by atoms with Gasteiger partial charge in [-0.3, -0.25) is 0 Å². The third-order valence-corrected chi connectivity index (χ3v) is 4.52. The van der Waals surface area contributed by atoms with E-state index >= 15 is 0 Å². The maximum atomic E-state index is 6.20. The molecular formula is C15H23NOS. The minimum atomic E-state index is 0.371. The van der Waals surface area contributed by atoms with Crippen LogP contribution in [0.1, 0.15) is 38.2 Å². The van der Waals surface area contributed by atoms with Crippen molar-refractivity contribution in [1.82, 2.24) is 0 Å². The van der Waals surface area contributed by atoms with E-state index in [9.17, 15) is 0 Å². The second-order valence-electron chi connectivity index (χ2n) is 5.15. The molecule has 100 valence electrons. The minimum absolute atomic E-state index is 0.371. The Hall–Kier alpha value is -0.670. The SMILES string of the molecule is CSc1cccc(OC2CCCC(C)C2)c1CN. The molecule has 1 saturated carbocycles. The summed E-state index contributed by atoms with van der Waals surface area (Å²) >= 11 is 1.74. The minimum Gasteiger partial charge on any atom is -0.490 e. The molecule has 0 heterocycles. The molecule has 0 radical (unpaired) electrons. The molecule has 0 aliphatic heterocycles.